The van der Waals surface area contributed by atoms with Gasteiger partial charge in [-0.15, -0.1) is 0 Å². The van der Waals surface area contributed by atoms with Gasteiger partial charge in [0.05, 0.1) is 0 Å². The van der Waals surface area contributed by atoms with Crippen LogP contribution in [0.25, 0.3) is 0 Å². The van der Waals surface area contributed by atoms with E-state index in [1.807, 2.05) is 12.4 Å². The molecule has 106 valence electrons. The standard InChI is InChI=1S/C15H26N4/c1-2-15(3-6-16)19-11-9-18(10-12-19)13-14-4-7-17-8-5-14/h4-5,7-8,15H,2-3,6,9-13,16H2,1H3. The van der Waals surface area contributed by atoms with Gasteiger partial charge in [0, 0.05) is 51.2 Å². The lowest BCUT2D eigenvalue weighted by Gasteiger charge is -2.39. The molecule has 2 N–H and O–H groups in total. The summed E-state index contributed by atoms with van der Waals surface area (Å²) in [6.45, 7) is 8.77. The lowest BCUT2D eigenvalue weighted by atomic mass is 10.1. The average molecular weight is 262 g/mol. The second-order valence-corrected chi connectivity index (χ2v) is 5.31. The molecule has 0 bridgehead atoms. The summed E-state index contributed by atoms with van der Waals surface area (Å²) in [4.78, 5) is 9.20. The van der Waals surface area contributed by atoms with Gasteiger partial charge >= 0.3 is 0 Å². The summed E-state index contributed by atoms with van der Waals surface area (Å²) in [6.07, 6.45) is 6.09. The number of pyridine rings is 1. The van der Waals surface area contributed by atoms with E-state index in [9.17, 15) is 0 Å². The minimum absolute atomic E-state index is 0.674. The Balaban J connectivity index is 1.79. The molecular weight excluding hydrogens is 236 g/mol. The smallest absolute Gasteiger partial charge is 0.0271 e. The van der Waals surface area contributed by atoms with E-state index in [1.165, 1.54) is 25.1 Å². The van der Waals surface area contributed by atoms with Crippen LogP contribution in [-0.4, -0.2) is 53.5 Å². The van der Waals surface area contributed by atoms with E-state index < -0.39 is 0 Å². The maximum atomic E-state index is 5.70. The Morgan fingerprint density at radius 2 is 1.89 bits per heavy atom. The summed E-state index contributed by atoms with van der Waals surface area (Å²) >= 11 is 0. The molecule has 1 unspecified atom stereocenters. The first-order chi connectivity index (χ1) is 9.33. The Kier molecular flexibility index (Phi) is 5.76. The van der Waals surface area contributed by atoms with Crippen molar-refractivity contribution in [2.45, 2.75) is 32.4 Å². The molecule has 2 heterocycles. The molecule has 0 amide bonds. The van der Waals surface area contributed by atoms with Gasteiger partial charge in [-0.1, -0.05) is 6.92 Å². The molecule has 0 radical (unpaired) electrons. The number of hydrogen-bond donors (Lipinski definition) is 1. The zero-order valence-electron chi connectivity index (χ0n) is 12.0. The van der Waals surface area contributed by atoms with Crippen molar-refractivity contribution >= 4 is 0 Å². The molecule has 4 heteroatoms. The largest absolute Gasteiger partial charge is 0.330 e. The topological polar surface area (TPSA) is 45.4 Å². The van der Waals surface area contributed by atoms with E-state index in [4.69, 9.17) is 5.73 Å². The lowest BCUT2D eigenvalue weighted by molar-refractivity contribution is 0.0871. The van der Waals surface area contributed by atoms with Crippen LogP contribution < -0.4 is 5.73 Å². The second kappa shape index (κ2) is 7.58. The van der Waals surface area contributed by atoms with Crippen LogP contribution in [0.15, 0.2) is 24.5 Å². The normalized spacial score (nSPS) is 19.5. The third-order valence-corrected chi connectivity index (χ3v) is 4.05. The van der Waals surface area contributed by atoms with E-state index in [2.05, 4.69) is 33.8 Å². The maximum absolute atomic E-state index is 5.70. The van der Waals surface area contributed by atoms with Gasteiger partial charge in [-0.3, -0.25) is 14.8 Å². The number of hydrogen-bond acceptors (Lipinski definition) is 4. The van der Waals surface area contributed by atoms with Crippen LogP contribution in [0.4, 0.5) is 0 Å². The predicted molar refractivity (Wildman–Crippen MR) is 78.8 cm³/mol. The highest BCUT2D eigenvalue weighted by atomic mass is 15.3. The zero-order valence-corrected chi connectivity index (χ0v) is 12.0. The van der Waals surface area contributed by atoms with E-state index in [1.54, 1.807) is 0 Å². The molecule has 1 saturated heterocycles. The summed E-state index contributed by atoms with van der Waals surface area (Å²) in [6, 6.07) is 4.89. The molecule has 1 aliphatic heterocycles. The molecule has 4 nitrogen and oxygen atoms in total. The Morgan fingerprint density at radius 3 is 2.47 bits per heavy atom. The number of nitrogens with two attached hydrogens (primary N) is 1. The van der Waals surface area contributed by atoms with Crippen LogP contribution in [0.5, 0.6) is 0 Å². The number of aromatic nitrogens is 1. The fraction of sp³-hybridized carbons (Fsp3) is 0.667. The van der Waals surface area contributed by atoms with Crippen molar-refractivity contribution in [3.8, 4) is 0 Å². The molecule has 1 aromatic heterocycles. The minimum Gasteiger partial charge on any atom is -0.330 e. The Morgan fingerprint density at radius 1 is 1.21 bits per heavy atom. The first-order valence-corrected chi connectivity index (χ1v) is 7.39. The molecule has 19 heavy (non-hydrogen) atoms. The SMILES string of the molecule is CCC(CCN)N1CCN(Cc2ccncc2)CC1. The highest BCUT2D eigenvalue weighted by Gasteiger charge is 2.22. The monoisotopic (exact) mass is 262 g/mol. The summed E-state index contributed by atoms with van der Waals surface area (Å²) in [5, 5.41) is 0. The van der Waals surface area contributed by atoms with Crippen molar-refractivity contribution in [2.24, 2.45) is 5.73 Å². The lowest BCUT2D eigenvalue weighted by Crippen LogP contribution is -2.50. The van der Waals surface area contributed by atoms with Gasteiger partial charge in [-0.05, 0) is 37.1 Å². The van der Waals surface area contributed by atoms with Crippen molar-refractivity contribution in [3.63, 3.8) is 0 Å². The fourth-order valence-corrected chi connectivity index (χ4v) is 2.87. The van der Waals surface area contributed by atoms with Gasteiger partial charge in [0.25, 0.3) is 0 Å². The molecule has 1 aromatic rings. The van der Waals surface area contributed by atoms with Crippen LogP contribution >= 0.6 is 0 Å². The Bertz CT molecular complexity index is 346. The first-order valence-electron chi connectivity index (χ1n) is 7.39. The second-order valence-electron chi connectivity index (χ2n) is 5.31. The van der Waals surface area contributed by atoms with E-state index in [-0.39, 0.29) is 0 Å². The predicted octanol–water partition coefficient (Wildman–Crippen LogP) is 1.33. The van der Waals surface area contributed by atoms with Gasteiger partial charge in [0.1, 0.15) is 0 Å². The Labute approximate surface area is 116 Å². The van der Waals surface area contributed by atoms with Crippen LogP contribution in [0.1, 0.15) is 25.3 Å². The van der Waals surface area contributed by atoms with Crippen molar-refractivity contribution in [1.29, 1.82) is 0 Å². The summed E-state index contributed by atoms with van der Waals surface area (Å²) < 4.78 is 0. The number of piperazine rings is 1. The molecular formula is C15H26N4. The molecule has 0 aromatic carbocycles. The average Bonchev–Trinajstić information content (AvgIpc) is 2.47. The minimum atomic E-state index is 0.674. The molecule has 0 saturated carbocycles. The summed E-state index contributed by atoms with van der Waals surface area (Å²) in [7, 11) is 0. The van der Waals surface area contributed by atoms with Crippen molar-refractivity contribution in [1.82, 2.24) is 14.8 Å². The maximum Gasteiger partial charge on any atom is 0.0271 e. The Hall–Kier alpha value is -0.970. The highest BCUT2D eigenvalue weighted by molar-refractivity contribution is 5.09. The van der Waals surface area contributed by atoms with Crippen molar-refractivity contribution in [2.75, 3.05) is 32.7 Å². The van der Waals surface area contributed by atoms with Gasteiger partial charge in [-0.25, -0.2) is 0 Å². The van der Waals surface area contributed by atoms with E-state index in [0.29, 0.717) is 6.04 Å². The van der Waals surface area contributed by atoms with Gasteiger partial charge in [0.15, 0.2) is 0 Å². The van der Waals surface area contributed by atoms with Crippen LogP contribution in [0.2, 0.25) is 0 Å². The van der Waals surface area contributed by atoms with E-state index in [0.717, 1.165) is 32.6 Å². The zero-order chi connectivity index (χ0) is 13.5. The van der Waals surface area contributed by atoms with Gasteiger partial charge in [-0.2, -0.15) is 0 Å². The number of nitrogens with zero attached hydrogens (tertiary/aromatic N) is 3. The number of rotatable bonds is 6. The first kappa shape index (κ1) is 14.4. The highest BCUT2D eigenvalue weighted by Crippen LogP contribution is 2.13. The van der Waals surface area contributed by atoms with Gasteiger partial charge < -0.3 is 5.73 Å². The van der Waals surface area contributed by atoms with Crippen molar-refractivity contribution < 1.29 is 0 Å². The summed E-state index contributed by atoms with van der Waals surface area (Å²) in [5.74, 6) is 0. The molecule has 1 atom stereocenters. The summed E-state index contributed by atoms with van der Waals surface area (Å²) in [5.41, 5.74) is 7.06. The molecule has 1 fully saturated rings. The fourth-order valence-electron chi connectivity index (χ4n) is 2.87. The molecule has 0 spiro atoms. The molecule has 0 aliphatic carbocycles. The third kappa shape index (κ3) is 4.27. The van der Waals surface area contributed by atoms with Crippen LogP contribution in [0.3, 0.4) is 0 Å². The molecule has 2 rings (SSSR count). The van der Waals surface area contributed by atoms with Crippen LogP contribution in [-0.2, 0) is 6.54 Å². The molecule has 1 aliphatic rings. The van der Waals surface area contributed by atoms with Gasteiger partial charge in [0.2, 0.25) is 0 Å². The third-order valence-electron chi connectivity index (χ3n) is 4.05. The van der Waals surface area contributed by atoms with Crippen molar-refractivity contribution in [3.05, 3.63) is 30.1 Å². The van der Waals surface area contributed by atoms with E-state index >= 15 is 0 Å². The quantitative estimate of drug-likeness (QED) is 0.840. The van der Waals surface area contributed by atoms with Crippen LogP contribution in [0, 0.1) is 0 Å².